The highest BCUT2D eigenvalue weighted by Gasteiger charge is 2.23. The molecule has 0 radical (unpaired) electrons. The fourth-order valence-electron chi connectivity index (χ4n) is 3.05. The Hall–Kier alpha value is -2.11. The number of nitrogens with zero attached hydrogens (tertiary/aromatic N) is 1. The second-order valence-electron chi connectivity index (χ2n) is 6.38. The maximum Gasteiger partial charge on any atom is 0.279 e. The van der Waals surface area contributed by atoms with E-state index in [0.717, 1.165) is 36.9 Å². The zero-order valence-corrected chi connectivity index (χ0v) is 14.9. The molecule has 25 heavy (non-hydrogen) atoms. The Bertz CT molecular complexity index is 760. The van der Waals surface area contributed by atoms with Gasteiger partial charge in [0.15, 0.2) is 6.54 Å². The first kappa shape index (κ1) is 17.7. The number of piperazine rings is 1. The van der Waals surface area contributed by atoms with Crippen molar-refractivity contribution < 1.29 is 14.1 Å². The summed E-state index contributed by atoms with van der Waals surface area (Å²) in [6.07, 6.45) is 0. The number of carbonyl (C=O) groups excluding carboxylic acids is 1. The van der Waals surface area contributed by atoms with Crippen LogP contribution in [0.4, 0.5) is 15.8 Å². The Morgan fingerprint density at radius 1 is 1.24 bits per heavy atom. The molecule has 0 atom stereocenters. The fraction of sp³-hybridized carbons (Fsp3) is 0.316. The fourth-order valence-corrected chi connectivity index (χ4v) is 3.31. The van der Waals surface area contributed by atoms with E-state index in [4.69, 9.17) is 11.6 Å². The van der Waals surface area contributed by atoms with Crippen molar-refractivity contribution in [2.75, 3.05) is 42.9 Å². The quantitative estimate of drug-likeness (QED) is 0.874. The number of aryl methyl sites for hydroxylation is 1. The van der Waals surface area contributed by atoms with Crippen molar-refractivity contribution in [1.29, 1.82) is 0 Å². The second-order valence-corrected chi connectivity index (χ2v) is 6.78. The first-order valence-electron chi connectivity index (χ1n) is 8.42. The molecule has 0 aliphatic carbocycles. The smallest absolute Gasteiger partial charge is 0.279 e. The Balaban J connectivity index is 1.51. The van der Waals surface area contributed by atoms with Crippen LogP contribution in [0.25, 0.3) is 0 Å². The number of benzene rings is 2. The van der Waals surface area contributed by atoms with Gasteiger partial charge in [-0.2, -0.15) is 0 Å². The molecule has 3 rings (SSSR count). The van der Waals surface area contributed by atoms with Gasteiger partial charge in [0.25, 0.3) is 5.91 Å². The van der Waals surface area contributed by atoms with Crippen LogP contribution in [-0.2, 0) is 4.79 Å². The molecule has 2 aromatic rings. The monoisotopic (exact) mass is 362 g/mol. The van der Waals surface area contributed by atoms with E-state index in [1.807, 2.05) is 24.3 Å². The van der Waals surface area contributed by atoms with Crippen LogP contribution >= 0.6 is 11.6 Å². The standard InChI is InChI=1S/C19H21ClFN3O/c1-14-6-7-15(12-17(14)21)22-19(25)13-23-8-10-24(11-9-23)18-5-3-2-4-16(18)20/h2-7,12H,8-11,13H2,1H3,(H,22,25)/p+1. The summed E-state index contributed by atoms with van der Waals surface area (Å²) in [6.45, 7) is 5.51. The summed E-state index contributed by atoms with van der Waals surface area (Å²) in [5, 5.41) is 3.53. The van der Waals surface area contributed by atoms with E-state index < -0.39 is 0 Å². The zero-order valence-electron chi connectivity index (χ0n) is 14.2. The predicted octanol–water partition coefficient (Wildman–Crippen LogP) is 2.13. The lowest BCUT2D eigenvalue weighted by Crippen LogP contribution is -3.15. The normalized spacial score (nSPS) is 15.2. The predicted molar refractivity (Wildman–Crippen MR) is 99.0 cm³/mol. The van der Waals surface area contributed by atoms with Crippen LogP contribution in [-0.4, -0.2) is 38.6 Å². The molecular weight excluding hydrogens is 341 g/mol. The molecule has 132 valence electrons. The minimum atomic E-state index is -0.307. The molecule has 1 aliphatic heterocycles. The Morgan fingerprint density at radius 2 is 1.96 bits per heavy atom. The van der Waals surface area contributed by atoms with Crippen molar-refractivity contribution >= 4 is 28.9 Å². The van der Waals surface area contributed by atoms with E-state index >= 15 is 0 Å². The number of hydrogen-bond donors (Lipinski definition) is 2. The van der Waals surface area contributed by atoms with Crippen LogP contribution in [0.3, 0.4) is 0 Å². The SMILES string of the molecule is Cc1ccc(NC(=O)C[NH+]2CCN(c3ccccc3Cl)CC2)cc1F. The summed E-state index contributed by atoms with van der Waals surface area (Å²) in [5.74, 6) is -0.400. The molecule has 0 bridgehead atoms. The summed E-state index contributed by atoms with van der Waals surface area (Å²) in [5.41, 5.74) is 2.12. The lowest BCUT2D eigenvalue weighted by atomic mass is 10.2. The van der Waals surface area contributed by atoms with Crippen molar-refractivity contribution in [2.24, 2.45) is 0 Å². The van der Waals surface area contributed by atoms with E-state index in [1.165, 1.54) is 11.0 Å². The van der Waals surface area contributed by atoms with E-state index in [-0.39, 0.29) is 11.7 Å². The van der Waals surface area contributed by atoms with E-state index in [9.17, 15) is 9.18 Å². The lowest BCUT2D eigenvalue weighted by molar-refractivity contribution is -0.892. The number of halogens is 2. The van der Waals surface area contributed by atoms with E-state index in [1.54, 1.807) is 19.1 Å². The minimum absolute atomic E-state index is 0.0931. The Kier molecular flexibility index (Phi) is 5.56. The molecule has 6 heteroatoms. The molecule has 0 spiro atoms. The highest BCUT2D eigenvalue weighted by molar-refractivity contribution is 6.33. The molecule has 2 N–H and O–H groups in total. The average molecular weight is 363 g/mol. The van der Waals surface area contributed by atoms with Crippen molar-refractivity contribution in [2.45, 2.75) is 6.92 Å². The number of rotatable bonds is 4. The zero-order chi connectivity index (χ0) is 17.8. The van der Waals surface area contributed by atoms with Crippen molar-refractivity contribution in [3.8, 4) is 0 Å². The molecule has 0 aromatic heterocycles. The molecule has 0 saturated carbocycles. The molecular formula is C19H22ClFN3O+. The van der Waals surface area contributed by atoms with Gasteiger partial charge in [0.2, 0.25) is 0 Å². The summed E-state index contributed by atoms with van der Waals surface area (Å²) in [7, 11) is 0. The van der Waals surface area contributed by atoms with E-state index in [2.05, 4.69) is 10.2 Å². The first-order chi connectivity index (χ1) is 12.0. The van der Waals surface area contributed by atoms with Crippen LogP contribution in [0.2, 0.25) is 5.02 Å². The maximum absolute atomic E-state index is 13.6. The number of carbonyl (C=O) groups is 1. The molecule has 1 amide bonds. The number of para-hydroxylation sites is 1. The number of hydrogen-bond acceptors (Lipinski definition) is 2. The van der Waals surface area contributed by atoms with Gasteiger partial charge in [0.1, 0.15) is 5.82 Å². The van der Waals surface area contributed by atoms with Crippen molar-refractivity contribution in [3.05, 3.63) is 58.9 Å². The average Bonchev–Trinajstić information content (AvgIpc) is 2.59. The second kappa shape index (κ2) is 7.85. The summed E-state index contributed by atoms with van der Waals surface area (Å²) in [6, 6.07) is 12.6. The summed E-state index contributed by atoms with van der Waals surface area (Å²) < 4.78 is 13.6. The van der Waals surface area contributed by atoms with Gasteiger partial charge in [-0.3, -0.25) is 4.79 Å². The molecule has 1 fully saturated rings. The summed E-state index contributed by atoms with van der Waals surface area (Å²) in [4.78, 5) is 15.7. The Morgan fingerprint density at radius 3 is 2.64 bits per heavy atom. The third-order valence-electron chi connectivity index (χ3n) is 4.53. The van der Waals surface area contributed by atoms with Crippen LogP contribution in [0, 0.1) is 12.7 Å². The highest BCUT2D eigenvalue weighted by atomic mass is 35.5. The van der Waals surface area contributed by atoms with Crippen molar-refractivity contribution in [3.63, 3.8) is 0 Å². The van der Waals surface area contributed by atoms with Crippen LogP contribution in [0.15, 0.2) is 42.5 Å². The minimum Gasteiger partial charge on any atom is -0.359 e. The van der Waals surface area contributed by atoms with E-state index in [0.29, 0.717) is 17.8 Å². The van der Waals surface area contributed by atoms with Gasteiger partial charge in [-0.25, -0.2) is 4.39 Å². The van der Waals surface area contributed by atoms with Crippen LogP contribution < -0.4 is 15.1 Å². The van der Waals surface area contributed by atoms with Gasteiger partial charge in [-0.05, 0) is 36.8 Å². The van der Waals surface area contributed by atoms with Gasteiger partial charge in [-0.1, -0.05) is 29.8 Å². The molecule has 2 aromatic carbocycles. The largest absolute Gasteiger partial charge is 0.359 e. The van der Waals surface area contributed by atoms with Gasteiger partial charge in [-0.15, -0.1) is 0 Å². The Labute approximate surface area is 152 Å². The molecule has 0 unspecified atom stereocenters. The topological polar surface area (TPSA) is 36.8 Å². The molecule has 1 aliphatic rings. The molecule has 1 heterocycles. The number of nitrogens with one attached hydrogen (secondary N) is 2. The first-order valence-corrected chi connectivity index (χ1v) is 8.80. The van der Waals surface area contributed by atoms with Gasteiger partial charge in [0.05, 0.1) is 36.9 Å². The number of anilines is 2. The van der Waals surface area contributed by atoms with Gasteiger partial charge >= 0.3 is 0 Å². The van der Waals surface area contributed by atoms with Crippen molar-refractivity contribution in [1.82, 2.24) is 0 Å². The van der Waals surface area contributed by atoms with Crippen LogP contribution in [0.5, 0.6) is 0 Å². The third-order valence-corrected chi connectivity index (χ3v) is 4.85. The van der Waals surface area contributed by atoms with Gasteiger partial charge in [0, 0.05) is 5.69 Å². The molecule has 4 nitrogen and oxygen atoms in total. The van der Waals surface area contributed by atoms with Gasteiger partial charge < -0.3 is 15.1 Å². The highest BCUT2D eigenvalue weighted by Crippen LogP contribution is 2.24. The lowest BCUT2D eigenvalue weighted by Gasteiger charge is -2.33. The molecule has 1 saturated heterocycles. The number of amides is 1. The van der Waals surface area contributed by atoms with Crippen LogP contribution in [0.1, 0.15) is 5.56 Å². The summed E-state index contributed by atoms with van der Waals surface area (Å²) >= 11 is 6.25. The third kappa shape index (κ3) is 4.50. The maximum atomic E-state index is 13.6. The number of quaternary nitrogens is 1.